The fourth-order valence-electron chi connectivity index (χ4n) is 2.79. The van der Waals surface area contributed by atoms with Crippen LogP contribution >= 0.6 is 0 Å². The Morgan fingerprint density at radius 3 is 2.54 bits per heavy atom. The van der Waals surface area contributed by atoms with Crippen molar-refractivity contribution in [2.45, 2.75) is 26.8 Å². The van der Waals surface area contributed by atoms with Crippen molar-refractivity contribution in [2.75, 3.05) is 40.5 Å². The second kappa shape index (κ2) is 8.78. The van der Waals surface area contributed by atoms with E-state index < -0.39 is 0 Å². The summed E-state index contributed by atoms with van der Waals surface area (Å²) in [6, 6.07) is 4.13. The molecular weight excluding hydrogens is 306 g/mol. The highest BCUT2D eigenvalue weighted by Crippen LogP contribution is 2.33. The van der Waals surface area contributed by atoms with E-state index in [-0.39, 0.29) is 12.5 Å². The molecule has 134 valence electrons. The Hall–Kier alpha value is -1.95. The van der Waals surface area contributed by atoms with Crippen LogP contribution < -0.4 is 14.8 Å². The molecule has 6 heteroatoms. The Bertz CT molecular complexity index is 575. The van der Waals surface area contributed by atoms with Crippen LogP contribution in [0.2, 0.25) is 0 Å². The molecule has 0 fully saturated rings. The average molecular weight is 335 g/mol. The Morgan fingerprint density at radius 1 is 1.29 bits per heavy atom. The van der Waals surface area contributed by atoms with E-state index in [0.29, 0.717) is 6.54 Å². The largest absolute Gasteiger partial charge is 0.493 e. The van der Waals surface area contributed by atoms with Gasteiger partial charge in [0.15, 0.2) is 17.5 Å². The van der Waals surface area contributed by atoms with Crippen LogP contribution in [0.5, 0.6) is 11.5 Å². The molecule has 1 heterocycles. The maximum Gasteiger partial charge on any atom is 0.194 e. The lowest BCUT2D eigenvalue weighted by atomic mass is 9.99. The first kappa shape index (κ1) is 18.4. The quantitative estimate of drug-likeness (QED) is 0.611. The van der Waals surface area contributed by atoms with E-state index in [1.165, 1.54) is 11.1 Å². The van der Waals surface area contributed by atoms with E-state index in [4.69, 9.17) is 9.47 Å². The van der Waals surface area contributed by atoms with Crippen molar-refractivity contribution in [1.29, 1.82) is 0 Å². The van der Waals surface area contributed by atoms with Crippen LogP contribution in [0.4, 0.5) is 0 Å². The molecule has 6 nitrogen and oxygen atoms in total. The number of hydrogen-bond acceptors (Lipinski definition) is 4. The van der Waals surface area contributed by atoms with E-state index in [9.17, 15) is 5.11 Å². The minimum Gasteiger partial charge on any atom is -0.493 e. The van der Waals surface area contributed by atoms with Gasteiger partial charge >= 0.3 is 0 Å². The van der Waals surface area contributed by atoms with Gasteiger partial charge in [-0.25, -0.2) is 0 Å². The smallest absolute Gasteiger partial charge is 0.194 e. The summed E-state index contributed by atoms with van der Waals surface area (Å²) >= 11 is 0. The molecule has 1 aromatic carbocycles. The lowest BCUT2D eigenvalue weighted by Gasteiger charge is -2.32. The van der Waals surface area contributed by atoms with Crippen molar-refractivity contribution >= 4 is 5.96 Å². The number of fused-ring (bicyclic) bond motifs is 1. The highest BCUT2D eigenvalue weighted by Gasteiger charge is 2.21. The molecule has 1 aromatic rings. The van der Waals surface area contributed by atoms with Crippen LogP contribution in [0.15, 0.2) is 17.1 Å². The molecule has 0 aromatic heterocycles. The third-order valence-corrected chi connectivity index (χ3v) is 4.22. The van der Waals surface area contributed by atoms with Gasteiger partial charge in [0, 0.05) is 32.8 Å². The number of aliphatic imine (C=N–C) groups is 1. The minimum absolute atomic E-state index is 0.155. The molecule has 0 saturated carbocycles. The predicted octanol–water partition coefficient (Wildman–Crippen LogP) is 1.66. The topological polar surface area (TPSA) is 66.3 Å². The monoisotopic (exact) mass is 335 g/mol. The summed E-state index contributed by atoms with van der Waals surface area (Å²) in [5.41, 5.74) is 2.53. The fraction of sp³-hybridized carbons (Fsp3) is 0.611. The van der Waals surface area contributed by atoms with Gasteiger partial charge in [0.2, 0.25) is 0 Å². The molecule has 0 bridgehead atoms. The van der Waals surface area contributed by atoms with Crippen molar-refractivity contribution in [1.82, 2.24) is 10.2 Å². The first-order valence-electron chi connectivity index (χ1n) is 8.50. The van der Waals surface area contributed by atoms with Crippen molar-refractivity contribution in [3.63, 3.8) is 0 Å². The highest BCUT2D eigenvalue weighted by atomic mass is 16.5. The van der Waals surface area contributed by atoms with Crippen LogP contribution in [0.3, 0.4) is 0 Å². The number of hydrogen-bond donors (Lipinski definition) is 2. The molecule has 24 heavy (non-hydrogen) atoms. The van der Waals surface area contributed by atoms with Crippen LogP contribution in [0.25, 0.3) is 0 Å². The number of nitrogens with zero attached hydrogens (tertiary/aromatic N) is 2. The van der Waals surface area contributed by atoms with Gasteiger partial charge in [-0.1, -0.05) is 6.92 Å². The third kappa shape index (κ3) is 4.32. The lowest BCUT2D eigenvalue weighted by molar-refractivity contribution is 0.241. The summed E-state index contributed by atoms with van der Waals surface area (Å²) < 4.78 is 10.8. The molecule has 0 aliphatic carbocycles. The van der Waals surface area contributed by atoms with Crippen molar-refractivity contribution in [3.05, 3.63) is 23.3 Å². The lowest BCUT2D eigenvalue weighted by Crippen LogP contribution is -2.44. The second-order valence-corrected chi connectivity index (χ2v) is 6.13. The molecule has 1 unspecified atom stereocenters. The summed E-state index contributed by atoms with van der Waals surface area (Å²) in [4.78, 5) is 6.92. The predicted molar refractivity (Wildman–Crippen MR) is 95.9 cm³/mol. The molecule has 1 aliphatic heterocycles. The number of aliphatic hydroxyl groups excluding tert-OH is 1. The van der Waals surface area contributed by atoms with Gasteiger partial charge in [0.05, 0.1) is 14.2 Å². The summed E-state index contributed by atoms with van der Waals surface area (Å²) in [5, 5.41) is 12.5. The highest BCUT2D eigenvalue weighted by molar-refractivity contribution is 5.80. The molecule has 0 saturated heterocycles. The van der Waals surface area contributed by atoms with Gasteiger partial charge < -0.3 is 24.8 Å². The third-order valence-electron chi connectivity index (χ3n) is 4.22. The van der Waals surface area contributed by atoms with E-state index in [2.05, 4.69) is 34.3 Å². The second-order valence-electron chi connectivity index (χ2n) is 6.13. The van der Waals surface area contributed by atoms with E-state index in [1.54, 1.807) is 14.2 Å². The van der Waals surface area contributed by atoms with Crippen LogP contribution in [0, 0.1) is 5.92 Å². The summed E-state index contributed by atoms with van der Waals surface area (Å²) in [5.74, 6) is 2.61. The van der Waals surface area contributed by atoms with Crippen LogP contribution in [-0.4, -0.2) is 56.4 Å². The number of benzene rings is 1. The first-order chi connectivity index (χ1) is 11.6. The average Bonchev–Trinajstić information content (AvgIpc) is 2.62. The van der Waals surface area contributed by atoms with E-state index >= 15 is 0 Å². The van der Waals surface area contributed by atoms with Crippen molar-refractivity contribution in [3.8, 4) is 11.5 Å². The van der Waals surface area contributed by atoms with Crippen LogP contribution in [-0.2, 0) is 13.0 Å². The molecule has 2 rings (SSSR count). The summed E-state index contributed by atoms with van der Waals surface area (Å²) in [6.07, 6.45) is 0.940. The van der Waals surface area contributed by atoms with Crippen LogP contribution in [0.1, 0.15) is 25.0 Å². The molecule has 2 N–H and O–H groups in total. The number of guanidine groups is 1. The van der Waals surface area contributed by atoms with Gasteiger partial charge in [0.25, 0.3) is 0 Å². The van der Waals surface area contributed by atoms with Gasteiger partial charge in [0.1, 0.15) is 0 Å². The molecular formula is C18H29N3O3. The Balaban J connectivity index is 2.19. The maximum atomic E-state index is 9.20. The van der Waals surface area contributed by atoms with Gasteiger partial charge in [-0.2, -0.15) is 0 Å². The normalized spacial score (nSPS) is 15.7. The van der Waals surface area contributed by atoms with Gasteiger partial charge in [-0.3, -0.25) is 4.99 Å². The molecule has 0 amide bonds. The molecule has 1 aliphatic rings. The summed E-state index contributed by atoms with van der Waals surface area (Å²) in [6.45, 7) is 7.35. The fourth-order valence-corrected chi connectivity index (χ4v) is 2.79. The Labute approximate surface area is 144 Å². The van der Waals surface area contributed by atoms with Crippen molar-refractivity contribution in [2.24, 2.45) is 10.9 Å². The molecule has 1 atom stereocenters. The minimum atomic E-state index is 0.155. The van der Waals surface area contributed by atoms with E-state index in [1.807, 2.05) is 6.92 Å². The molecule has 0 spiro atoms. The molecule has 0 radical (unpaired) electrons. The number of nitrogens with one attached hydrogen (secondary N) is 1. The SMILES string of the molecule is CCNC(=NCC(C)CO)N1CCc2cc(OC)c(OC)cc2C1. The number of rotatable bonds is 6. The zero-order valence-corrected chi connectivity index (χ0v) is 15.1. The summed E-state index contributed by atoms with van der Waals surface area (Å²) in [7, 11) is 3.32. The zero-order chi connectivity index (χ0) is 17.5. The Kier molecular flexibility index (Phi) is 6.73. The van der Waals surface area contributed by atoms with Crippen molar-refractivity contribution < 1.29 is 14.6 Å². The maximum absolute atomic E-state index is 9.20. The van der Waals surface area contributed by atoms with E-state index in [0.717, 1.165) is 43.5 Å². The van der Waals surface area contributed by atoms with Gasteiger partial charge in [-0.15, -0.1) is 0 Å². The Morgan fingerprint density at radius 2 is 1.96 bits per heavy atom. The number of methoxy groups -OCH3 is 2. The standard InChI is InChI=1S/C18H29N3O3/c1-5-19-18(20-10-13(2)12-22)21-7-6-14-8-16(23-3)17(24-4)9-15(14)11-21/h8-9,13,22H,5-7,10-12H2,1-4H3,(H,19,20). The zero-order valence-electron chi connectivity index (χ0n) is 15.1. The number of aliphatic hydroxyl groups is 1. The van der Waals surface area contributed by atoms with Gasteiger partial charge in [-0.05, 0) is 42.5 Å². The first-order valence-corrected chi connectivity index (χ1v) is 8.50. The number of ether oxygens (including phenoxy) is 2.